The largest absolute Gasteiger partial charge is 0.507 e. The Morgan fingerprint density at radius 1 is 0.933 bits per heavy atom. The van der Waals surface area contributed by atoms with Crippen LogP contribution in [0.2, 0.25) is 0 Å². The van der Waals surface area contributed by atoms with E-state index in [0.717, 1.165) is 24.1 Å². The van der Waals surface area contributed by atoms with Crippen molar-refractivity contribution in [3.05, 3.63) is 104 Å². The summed E-state index contributed by atoms with van der Waals surface area (Å²) in [7, 11) is 0. The molecule has 2 aromatic carbocycles. The van der Waals surface area contributed by atoms with Gasteiger partial charge in [0.25, 0.3) is 5.56 Å². The molecular formula is C25H24N2O2S. The van der Waals surface area contributed by atoms with Crippen LogP contribution < -0.4 is 5.56 Å². The number of nitrogens with zero attached hydrogens (tertiary/aromatic N) is 2. The van der Waals surface area contributed by atoms with Crippen molar-refractivity contribution < 1.29 is 5.11 Å². The molecular weight excluding hydrogens is 392 g/mol. The third-order valence-electron chi connectivity index (χ3n) is 5.26. The molecule has 0 aliphatic carbocycles. The molecule has 0 radical (unpaired) electrons. The summed E-state index contributed by atoms with van der Waals surface area (Å²) in [6.07, 6.45) is 2.14. The van der Waals surface area contributed by atoms with Crippen molar-refractivity contribution in [2.75, 3.05) is 0 Å². The van der Waals surface area contributed by atoms with Crippen molar-refractivity contribution in [2.24, 2.45) is 0 Å². The van der Waals surface area contributed by atoms with Crippen LogP contribution in [-0.2, 0) is 25.8 Å². The zero-order valence-electron chi connectivity index (χ0n) is 16.9. The van der Waals surface area contributed by atoms with E-state index in [9.17, 15) is 9.90 Å². The van der Waals surface area contributed by atoms with E-state index in [1.807, 2.05) is 43.3 Å². The second kappa shape index (κ2) is 9.09. The molecule has 0 unspecified atom stereocenters. The average molecular weight is 417 g/mol. The van der Waals surface area contributed by atoms with Crippen molar-refractivity contribution in [1.29, 1.82) is 0 Å². The maximum Gasteiger partial charge on any atom is 0.270 e. The molecule has 0 atom stereocenters. The Labute approximate surface area is 180 Å². The summed E-state index contributed by atoms with van der Waals surface area (Å²) in [5.41, 5.74) is 3.98. The topological polar surface area (TPSA) is 55.1 Å². The van der Waals surface area contributed by atoms with Gasteiger partial charge in [-0.05, 0) is 49.3 Å². The van der Waals surface area contributed by atoms with Gasteiger partial charge in [-0.2, -0.15) is 5.10 Å². The third kappa shape index (κ3) is 4.36. The van der Waals surface area contributed by atoms with Gasteiger partial charge in [-0.25, -0.2) is 4.68 Å². The minimum Gasteiger partial charge on any atom is -0.507 e. The molecule has 2 aromatic heterocycles. The quantitative estimate of drug-likeness (QED) is 0.461. The minimum atomic E-state index is -0.0775. The molecule has 152 valence electrons. The van der Waals surface area contributed by atoms with Crippen LogP contribution in [0.4, 0.5) is 0 Å². The molecule has 4 rings (SSSR count). The summed E-state index contributed by atoms with van der Waals surface area (Å²) in [6, 6.07) is 21.4. The fraction of sp³-hybridized carbons (Fsp3) is 0.200. The third-order valence-corrected chi connectivity index (χ3v) is 6.19. The maximum absolute atomic E-state index is 13.4. The lowest BCUT2D eigenvalue weighted by molar-refractivity contribution is 0.477. The summed E-state index contributed by atoms with van der Waals surface area (Å²) in [5.74, 6) is 0.168. The van der Waals surface area contributed by atoms with Gasteiger partial charge < -0.3 is 5.11 Å². The van der Waals surface area contributed by atoms with Crippen molar-refractivity contribution in [3.63, 3.8) is 0 Å². The van der Waals surface area contributed by atoms with Crippen LogP contribution in [0.5, 0.6) is 5.75 Å². The number of phenols is 1. The van der Waals surface area contributed by atoms with Crippen LogP contribution in [0.15, 0.2) is 76.9 Å². The first-order valence-corrected chi connectivity index (χ1v) is 11.0. The molecule has 30 heavy (non-hydrogen) atoms. The number of phenolic OH excluding ortho intramolecular Hbond substituents is 1. The molecule has 1 N–H and O–H groups in total. The Hall–Kier alpha value is -3.18. The van der Waals surface area contributed by atoms with Crippen LogP contribution in [0.1, 0.15) is 21.7 Å². The highest BCUT2D eigenvalue weighted by molar-refractivity contribution is 7.09. The molecule has 4 aromatic rings. The van der Waals surface area contributed by atoms with Gasteiger partial charge in [0.05, 0.1) is 5.69 Å². The van der Waals surface area contributed by atoms with Crippen molar-refractivity contribution in [3.8, 4) is 16.9 Å². The Bertz CT molecular complexity index is 1180. The van der Waals surface area contributed by atoms with Crippen molar-refractivity contribution >= 4 is 11.3 Å². The summed E-state index contributed by atoms with van der Waals surface area (Å²) >= 11 is 1.69. The normalized spacial score (nSPS) is 11.0. The molecule has 0 saturated carbocycles. The lowest BCUT2D eigenvalue weighted by Gasteiger charge is -2.16. The van der Waals surface area contributed by atoms with Gasteiger partial charge in [0, 0.05) is 28.1 Å². The van der Waals surface area contributed by atoms with Gasteiger partial charge >= 0.3 is 0 Å². The zero-order valence-corrected chi connectivity index (χ0v) is 17.7. The predicted octanol–water partition coefficient (Wildman–Crippen LogP) is 5.01. The van der Waals surface area contributed by atoms with E-state index in [-0.39, 0.29) is 11.3 Å². The second-order valence-electron chi connectivity index (χ2n) is 7.30. The van der Waals surface area contributed by atoms with E-state index < -0.39 is 0 Å². The molecule has 2 heterocycles. The Morgan fingerprint density at radius 2 is 1.70 bits per heavy atom. The minimum absolute atomic E-state index is 0.0775. The first kappa shape index (κ1) is 20.1. The number of aryl methyl sites for hydroxylation is 4. The first-order chi connectivity index (χ1) is 14.6. The van der Waals surface area contributed by atoms with Crippen LogP contribution >= 0.6 is 11.3 Å². The number of para-hydroxylation sites is 1. The Kier molecular flexibility index (Phi) is 6.10. The van der Waals surface area contributed by atoms with Gasteiger partial charge in [-0.1, -0.05) is 54.6 Å². The van der Waals surface area contributed by atoms with Crippen LogP contribution in [-0.4, -0.2) is 14.9 Å². The second-order valence-corrected chi connectivity index (χ2v) is 8.33. The monoisotopic (exact) mass is 416 g/mol. The van der Waals surface area contributed by atoms with Crippen LogP contribution in [0.3, 0.4) is 0 Å². The fourth-order valence-electron chi connectivity index (χ4n) is 3.77. The number of hydrogen-bond acceptors (Lipinski definition) is 4. The lowest BCUT2D eigenvalue weighted by Crippen LogP contribution is -2.29. The van der Waals surface area contributed by atoms with Gasteiger partial charge in [0.1, 0.15) is 5.75 Å². The SMILES string of the molecule is Cc1nn(CCc2ccccc2)c(=O)c(CCc2cccs2)c1-c1ccccc1O. The standard InChI is InChI=1S/C25H24N2O2S/c1-18-24(21-11-5-6-12-23(21)28)22(14-13-20-10-7-17-30-20)25(29)27(26-18)16-15-19-8-3-2-4-9-19/h2-12,17,28H,13-16H2,1H3. The van der Waals surface area contributed by atoms with Crippen LogP contribution in [0.25, 0.3) is 11.1 Å². The molecule has 0 fully saturated rings. The van der Waals surface area contributed by atoms with Crippen molar-refractivity contribution in [2.45, 2.75) is 32.7 Å². The van der Waals surface area contributed by atoms with Gasteiger partial charge in [-0.15, -0.1) is 11.3 Å². The smallest absolute Gasteiger partial charge is 0.270 e. The average Bonchev–Trinajstić information content (AvgIpc) is 3.28. The molecule has 0 saturated heterocycles. The molecule has 0 amide bonds. The number of hydrogen-bond donors (Lipinski definition) is 1. The summed E-state index contributed by atoms with van der Waals surface area (Å²) in [6.45, 7) is 2.44. The molecule has 5 heteroatoms. The van der Waals surface area contributed by atoms with E-state index in [1.165, 1.54) is 10.4 Å². The summed E-state index contributed by atoms with van der Waals surface area (Å²) < 4.78 is 1.58. The zero-order chi connectivity index (χ0) is 20.9. The fourth-order valence-corrected chi connectivity index (χ4v) is 4.48. The van der Waals surface area contributed by atoms with E-state index in [4.69, 9.17) is 0 Å². The number of aromatic nitrogens is 2. The Balaban J connectivity index is 1.74. The lowest BCUT2D eigenvalue weighted by atomic mass is 9.95. The van der Waals surface area contributed by atoms with E-state index >= 15 is 0 Å². The van der Waals surface area contributed by atoms with Gasteiger partial charge in [-0.3, -0.25) is 4.79 Å². The molecule has 0 bridgehead atoms. The molecule has 0 aliphatic rings. The van der Waals surface area contributed by atoms with E-state index in [1.54, 1.807) is 28.2 Å². The summed E-state index contributed by atoms with van der Waals surface area (Å²) in [5, 5.41) is 17.1. The van der Waals surface area contributed by atoms with Crippen molar-refractivity contribution in [1.82, 2.24) is 9.78 Å². The predicted molar refractivity (Wildman–Crippen MR) is 122 cm³/mol. The van der Waals surface area contributed by atoms with Gasteiger partial charge in [0.15, 0.2) is 0 Å². The molecule has 0 spiro atoms. The maximum atomic E-state index is 13.4. The van der Waals surface area contributed by atoms with Gasteiger partial charge in [0.2, 0.25) is 0 Å². The molecule has 4 nitrogen and oxygen atoms in total. The summed E-state index contributed by atoms with van der Waals surface area (Å²) in [4.78, 5) is 14.7. The van der Waals surface area contributed by atoms with Crippen LogP contribution in [0, 0.1) is 6.92 Å². The highest BCUT2D eigenvalue weighted by Gasteiger charge is 2.19. The number of rotatable bonds is 7. The van der Waals surface area contributed by atoms with E-state index in [0.29, 0.717) is 24.1 Å². The number of thiophene rings is 1. The molecule has 0 aliphatic heterocycles. The number of benzene rings is 2. The van der Waals surface area contributed by atoms with E-state index in [2.05, 4.69) is 28.7 Å². The number of aromatic hydroxyl groups is 1. The Morgan fingerprint density at radius 3 is 2.43 bits per heavy atom. The highest BCUT2D eigenvalue weighted by Crippen LogP contribution is 2.32. The highest BCUT2D eigenvalue weighted by atomic mass is 32.1. The first-order valence-electron chi connectivity index (χ1n) is 10.1.